The molecule has 0 unspecified atom stereocenters. The maximum atomic E-state index is 6.17. The van der Waals surface area contributed by atoms with Crippen LogP contribution in [-0.2, 0) is 5.41 Å². The van der Waals surface area contributed by atoms with Gasteiger partial charge in [0.1, 0.15) is 11.3 Å². The van der Waals surface area contributed by atoms with E-state index in [0.29, 0.717) is 0 Å². The van der Waals surface area contributed by atoms with Crippen LogP contribution in [0.25, 0.3) is 53.2 Å². The normalized spacial score (nSPS) is 12.5. The molecule has 0 atom stereocenters. The molecule has 0 saturated heterocycles. The van der Waals surface area contributed by atoms with E-state index in [9.17, 15) is 0 Å². The molecule has 0 aliphatic heterocycles. The van der Waals surface area contributed by atoms with E-state index in [0.717, 1.165) is 28.0 Å². The summed E-state index contributed by atoms with van der Waals surface area (Å²) in [6, 6.07) is 21.9. The van der Waals surface area contributed by atoms with Gasteiger partial charge in [-0.1, -0.05) is 45.0 Å². The Kier molecular flexibility index (Phi) is 3.85. The van der Waals surface area contributed by atoms with Gasteiger partial charge in [0.25, 0.3) is 0 Å². The number of fused-ring (bicyclic) bond motifs is 6. The zero-order valence-electron chi connectivity index (χ0n) is 18.1. The molecule has 3 heterocycles. The summed E-state index contributed by atoms with van der Waals surface area (Å²) in [5.74, 6) is 0.938. The van der Waals surface area contributed by atoms with E-state index >= 15 is 0 Å². The number of rotatable bonds is 1. The van der Waals surface area contributed by atoms with Crippen molar-refractivity contribution in [3.63, 3.8) is 0 Å². The van der Waals surface area contributed by atoms with Gasteiger partial charge >= 0.3 is 0 Å². The fourth-order valence-corrected chi connectivity index (χ4v) is 5.81. The van der Waals surface area contributed by atoms with Crippen LogP contribution in [0.2, 0.25) is 0 Å². The van der Waals surface area contributed by atoms with Crippen molar-refractivity contribution in [3.05, 3.63) is 78.2 Å². The molecule has 0 aliphatic carbocycles. The Labute approximate surface area is 185 Å². The second-order valence-electron chi connectivity index (χ2n) is 9.34. The van der Waals surface area contributed by atoms with Crippen molar-refractivity contribution in [1.29, 1.82) is 0 Å². The van der Waals surface area contributed by atoms with Crippen molar-refractivity contribution in [2.75, 3.05) is 0 Å². The number of furan rings is 1. The molecule has 0 fully saturated rings. The first kappa shape index (κ1) is 18.6. The van der Waals surface area contributed by atoms with Crippen LogP contribution in [0.3, 0.4) is 0 Å². The molecule has 3 aromatic heterocycles. The number of aryl methyl sites for hydroxylation is 1. The molecule has 152 valence electrons. The summed E-state index contributed by atoms with van der Waals surface area (Å²) < 4.78 is 8.65. The maximum absolute atomic E-state index is 6.17. The number of hydrogen-bond donors (Lipinski definition) is 0. The molecule has 0 amide bonds. The van der Waals surface area contributed by atoms with E-state index in [1.165, 1.54) is 36.5 Å². The largest absolute Gasteiger partial charge is 0.461 e. The molecule has 2 nitrogen and oxygen atoms in total. The van der Waals surface area contributed by atoms with Gasteiger partial charge in [0, 0.05) is 37.3 Å². The fourth-order valence-electron chi connectivity index (χ4n) is 4.71. The van der Waals surface area contributed by atoms with E-state index in [1.54, 1.807) is 0 Å². The Morgan fingerprint density at radius 2 is 1.65 bits per heavy atom. The fraction of sp³-hybridized carbons (Fsp3) is 0.179. The predicted molar refractivity (Wildman–Crippen MR) is 133 cm³/mol. The van der Waals surface area contributed by atoms with E-state index < -0.39 is 0 Å². The summed E-state index contributed by atoms with van der Waals surface area (Å²) in [6.07, 6.45) is 1.93. The Balaban J connectivity index is 1.76. The lowest BCUT2D eigenvalue weighted by molar-refractivity contribution is 0.581. The maximum Gasteiger partial charge on any atom is 0.143 e. The summed E-state index contributed by atoms with van der Waals surface area (Å²) in [4.78, 5) is 4.91. The third-order valence-corrected chi connectivity index (χ3v) is 7.22. The Morgan fingerprint density at radius 1 is 0.839 bits per heavy atom. The topological polar surface area (TPSA) is 26.0 Å². The van der Waals surface area contributed by atoms with Crippen LogP contribution in [-0.4, -0.2) is 4.98 Å². The van der Waals surface area contributed by atoms with Gasteiger partial charge in [0.2, 0.25) is 0 Å². The lowest BCUT2D eigenvalue weighted by Crippen LogP contribution is -2.12. The van der Waals surface area contributed by atoms with Crippen LogP contribution in [0.1, 0.15) is 32.1 Å². The van der Waals surface area contributed by atoms with Crippen LogP contribution < -0.4 is 0 Å². The molecule has 6 aromatic rings. The molecule has 0 bridgehead atoms. The van der Waals surface area contributed by atoms with Gasteiger partial charge in [0.15, 0.2) is 0 Å². The Bertz CT molecular complexity index is 1630. The van der Waals surface area contributed by atoms with Crippen molar-refractivity contribution in [1.82, 2.24) is 4.98 Å². The number of hydrogen-bond acceptors (Lipinski definition) is 3. The van der Waals surface area contributed by atoms with Gasteiger partial charge in [-0.05, 0) is 65.1 Å². The van der Waals surface area contributed by atoms with Crippen molar-refractivity contribution in [3.8, 4) is 11.3 Å². The van der Waals surface area contributed by atoms with Crippen LogP contribution in [0.15, 0.2) is 71.3 Å². The van der Waals surface area contributed by atoms with Crippen molar-refractivity contribution < 1.29 is 4.42 Å². The highest BCUT2D eigenvalue weighted by Crippen LogP contribution is 2.44. The second kappa shape index (κ2) is 6.41. The SMILES string of the molecule is Cc1cc2ccc3sc4ccnc(-c5cc(C(C)(C)C)c6ccccc6c5)c4c3c2o1. The lowest BCUT2D eigenvalue weighted by atomic mass is 9.82. The van der Waals surface area contributed by atoms with Gasteiger partial charge in [0.05, 0.1) is 5.69 Å². The van der Waals surface area contributed by atoms with Gasteiger partial charge < -0.3 is 4.42 Å². The summed E-state index contributed by atoms with van der Waals surface area (Å²) in [5, 5.41) is 6.08. The first-order valence-electron chi connectivity index (χ1n) is 10.6. The van der Waals surface area contributed by atoms with Crippen molar-refractivity contribution in [2.45, 2.75) is 33.1 Å². The second-order valence-corrected chi connectivity index (χ2v) is 10.4. The Hall–Kier alpha value is -3.17. The molecule has 3 heteroatoms. The minimum absolute atomic E-state index is 0.0333. The van der Waals surface area contributed by atoms with Gasteiger partial charge in [-0.25, -0.2) is 0 Å². The summed E-state index contributed by atoms with van der Waals surface area (Å²) in [6.45, 7) is 8.85. The van der Waals surface area contributed by atoms with Crippen LogP contribution >= 0.6 is 11.3 Å². The number of pyridine rings is 1. The summed E-state index contributed by atoms with van der Waals surface area (Å²) in [5.41, 5.74) is 4.53. The monoisotopic (exact) mass is 421 g/mol. The molecular weight excluding hydrogens is 398 g/mol. The third kappa shape index (κ3) is 2.80. The van der Waals surface area contributed by atoms with Crippen LogP contribution in [0.4, 0.5) is 0 Å². The van der Waals surface area contributed by atoms with E-state index in [2.05, 4.69) is 81.4 Å². The lowest BCUT2D eigenvalue weighted by Gasteiger charge is -2.23. The Morgan fingerprint density at radius 3 is 2.48 bits per heavy atom. The predicted octanol–water partition coefficient (Wildman–Crippen LogP) is 8.62. The van der Waals surface area contributed by atoms with Crippen LogP contribution in [0, 0.1) is 6.92 Å². The van der Waals surface area contributed by atoms with Crippen molar-refractivity contribution in [2.24, 2.45) is 0 Å². The molecule has 0 saturated carbocycles. The summed E-state index contributed by atoms with van der Waals surface area (Å²) in [7, 11) is 0. The molecule has 0 spiro atoms. The van der Waals surface area contributed by atoms with Crippen LogP contribution in [0.5, 0.6) is 0 Å². The molecule has 31 heavy (non-hydrogen) atoms. The number of benzene rings is 3. The third-order valence-electron chi connectivity index (χ3n) is 6.10. The van der Waals surface area contributed by atoms with Gasteiger partial charge in [-0.3, -0.25) is 4.98 Å². The smallest absolute Gasteiger partial charge is 0.143 e. The van der Waals surface area contributed by atoms with E-state index in [4.69, 9.17) is 9.40 Å². The highest BCUT2D eigenvalue weighted by molar-refractivity contribution is 7.26. The number of thiophene rings is 1. The molecule has 6 rings (SSSR count). The number of aromatic nitrogens is 1. The molecule has 0 radical (unpaired) electrons. The molecule has 0 aliphatic rings. The van der Waals surface area contributed by atoms with Gasteiger partial charge in [-0.2, -0.15) is 0 Å². The molecule has 0 N–H and O–H groups in total. The van der Waals surface area contributed by atoms with Gasteiger partial charge in [-0.15, -0.1) is 11.3 Å². The average molecular weight is 422 g/mol. The van der Waals surface area contributed by atoms with E-state index in [1.807, 2.05) is 24.5 Å². The quantitative estimate of drug-likeness (QED) is 0.265. The van der Waals surface area contributed by atoms with E-state index in [-0.39, 0.29) is 5.41 Å². The summed E-state index contributed by atoms with van der Waals surface area (Å²) >= 11 is 1.81. The highest BCUT2D eigenvalue weighted by Gasteiger charge is 2.21. The minimum Gasteiger partial charge on any atom is -0.461 e. The van der Waals surface area contributed by atoms with Crippen molar-refractivity contribution >= 4 is 53.3 Å². The first-order chi connectivity index (χ1) is 14.9. The number of nitrogens with zero attached hydrogens (tertiary/aromatic N) is 1. The zero-order valence-corrected chi connectivity index (χ0v) is 18.9. The molecular formula is C28H23NOS. The highest BCUT2D eigenvalue weighted by atomic mass is 32.1. The zero-order chi connectivity index (χ0) is 21.3. The molecule has 3 aromatic carbocycles. The first-order valence-corrected chi connectivity index (χ1v) is 11.5. The standard InChI is InChI=1S/C28H23NOS/c1-16-13-18-9-10-22-25(27(18)30-16)24-23(31-22)11-12-29-26(24)19-14-17-7-5-6-8-20(17)21(15-19)28(2,3)4/h5-15H,1-4H3. The average Bonchev–Trinajstić information content (AvgIpc) is 3.31. The minimum atomic E-state index is 0.0333.